The molecule has 0 amide bonds. The van der Waals surface area contributed by atoms with Crippen LogP contribution in [0.5, 0.6) is 11.5 Å². The van der Waals surface area contributed by atoms with Crippen LogP contribution in [0.2, 0.25) is 0 Å². The molecule has 5 nitrogen and oxygen atoms in total. The highest BCUT2D eigenvalue weighted by atomic mass is 32.1. The maximum atomic E-state index is 12.4. The Morgan fingerprint density at radius 1 is 1.12 bits per heavy atom. The summed E-state index contributed by atoms with van der Waals surface area (Å²) in [6, 6.07) is 13.3. The molecule has 6 heteroatoms. The summed E-state index contributed by atoms with van der Waals surface area (Å²) in [5.74, 6) is 0.852. The Balaban J connectivity index is 2.08. The van der Waals surface area contributed by atoms with Gasteiger partial charge < -0.3 is 14.2 Å². The molecular formula is C20H19NO4S. The molecule has 0 aliphatic rings. The van der Waals surface area contributed by atoms with Crippen molar-refractivity contribution in [2.45, 2.75) is 6.92 Å². The summed E-state index contributed by atoms with van der Waals surface area (Å²) in [4.78, 5) is 17.0. The Morgan fingerprint density at radius 2 is 1.92 bits per heavy atom. The van der Waals surface area contributed by atoms with Gasteiger partial charge in [0.25, 0.3) is 0 Å². The van der Waals surface area contributed by atoms with Gasteiger partial charge in [-0.25, -0.2) is 9.79 Å². The van der Waals surface area contributed by atoms with Crippen LogP contribution < -0.4 is 9.47 Å². The van der Waals surface area contributed by atoms with Crippen molar-refractivity contribution >= 4 is 38.6 Å². The molecule has 3 rings (SSSR count). The number of carbonyl (C=O) groups is 1. The molecule has 0 N–H and O–H groups in total. The Bertz CT molecular complexity index is 962. The van der Waals surface area contributed by atoms with Crippen molar-refractivity contribution in [1.82, 2.24) is 0 Å². The van der Waals surface area contributed by atoms with Crippen molar-refractivity contribution in [3.05, 3.63) is 53.6 Å². The molecule has 0 atom stereocenters. The molecule has 0 saturated carbocycles. The standard InChI is InChI=1S/C20H19NO4S/c1-4-25-20(22)17-14-9-5-6-11-16(14)26-19(17)21-12-13-8-7-10-15(23-2)18(13)24-3/h5-12H,4H2,1-3H3. The first-order chi connectivity index (χ1) is 12.7. The number of esters is 1. The average molecular weight is 369 g/mol. The lowest BCUT2D eigenvalue weighted by Gasteiger charge is -2.09. The minimum absolute atomic E-state index is 0.315. The first-order valence-electron chi connectivity index (χ1n) is 8.13. The molecule has 1 aromatic heterocycles. The lowest BCUT2D eigenvalue weighted by atomic mass is 10.1. The molecule has 26 heavy (non-hydrogen) atoms. The van der Waals surface area contributed by atoms with Crippen LogP contribution in [0.3, 0.4) is 0 Å². The number of fused-ring (bicyclic) bond motifs is 1. The zero-order valence-corrected chi connectivity index (χ0v) is 15.6. The van der Waals surface area contributed by atoms with E-state index in [2.05, 4.69) is 4.99 Å². The van der Waals surface area contributed by atoms with Crippen LogP contribution >= 0.6 is 11.3 Å². The number of carbonyl (C=O) groups excluding carboxylic acids is 1. The molecule has 3 aromatic rings. The number of nitrogens with zero attached hydrogens (tertiary/aromatic N) is 1. The van der Waals surface area contributed by atoms with Crippen molar-refractivity contribution < 1.29 is 19.0 Å². The third kappa shape index (κ3) is 3.41. The van der Waals surface area contributed by atoms with Crippen molar-refractivity contribution in [3.8, 4) is 11.5 Å². The van der Waals surface area contributed by atoms with Gasteiger partial charge in [0.1, 0.15) is 10.6 Å². The van der Waals surface area contributed by atoms with Crippen molar-refractivity contribution in [1.29, 1.82) is 0 Å². The van der Waals surface area contributed by atoms with Crippen LogP contribution in [0.1, 0.15) is 22.8 Å². The van der Waals surface area contributed by atoms with Crippen LogP contribution in [-0.4, -0.2) is 33.0 Å². The van der Waals surface area contributed by atoms with E-state index in [1.807, 2.05) is 42.5 Å². The second-order valence-corrected chi connectivity index (χ2v) is 6.37. The minimum Gasteiger partial charge on any atom is -0.493 e. The van der Waals surface area contributed by atoms with Gasteiger partial charge in [-0.05, 0) is 25.1 Å². The van der Waals surface area contributed by atoms with Crippen LogP contribution in [0.25, 0.3) is 10.1 Å². The fourth-order valence-corrected chi connectivity index (χ4v) is 3.70. The molecule has 0 aliphatic heterocycles. The van der Waals surface area contributed by atoms with Gasteiger partial charge in [-0.3, -0.25) is 0 Å². The number of benzene rings is 2. The summed E-state index contributed by atoms with van der Waals surface area (Å²) in [5, 5.41) is 1.45. The molecule has 0 spiro atoms. The molecule has 2 aromatic carbocycles. The minimum atomic E-state index is -0.366. The van der Waals surface area contributed by atoms with Crippen LogP contribution in [0.4, 0.5) is 5.00 Å². The Hall–Kier alpha value is -2.86. The molecule has 0 fully saturated rings. The van der Waals surface area contributed by atoms with E-state index in [4.69, 9.17) is 14.2 Å². The highest BCUT2D eigenvalue weighted by molar-refractivity contribution is 7.23. The van der Waals surface area contributed by atoms with E-state index in [9.17, 15) is 4.79 Å². The zero-order chi connectivity index (χ0) is 18.5. The van der Waals surface area contributed by atoms with Gasteiger partial charge in [0.15, 0.2) is 11.5 Å². The van der Waals surface area contributed by atoms with Crippen LogP contribution in [-0.2, 0) is 4.74 Å². The number of thiophene rings is 1. The molecule has 1 heterocycles. The van der Waals surface area contributed by atoms with Crippen molar-refractivity contribution in [2.24, 2.45) is 4.99 Å². The molecule has 0 bridgehead atoms. The normalized spacial score (nSPS) is 11.0. The van der Waals surface area contributed by atoms with E-state index < -0.39 is 0 Å². The molecule has 0 saturated heterocycles. The highest BCUT2D eigenvalue weighted by Crippen LogP contribution is 2.38. The predicted octanol–water partition coefficient (Wildman–Crippen LogP) is 4.85. The first-order valence-corrected chi connectivity index (χ1v) is 8.95. The SMILES string of the molecule is CCOC(=O)c1c(N=Cc2cccc(OC)c2OC)sc2ccccc12. The van der Waals surface area contributed by atoms with E-state index in [0.717, 1.165) is 15.6 Å². The summed E-state index contributed by atoms with van der Waals surface area (Å²) in [7, 11) is 3.17. The van der Waals surface area contributed by atoms with Gasteiger partial charge in [0.05, 0.1) is 20.8 Å². The lowest BCUT2D eigenvalue weighted by molar-refractivity contribution is 0.0530. The van der Waals surface area contributed by atoms with Crippen LogP contribution in [0.15, 0.2) is 47.5 Å². The second kappa shape index (κ2) is 8.01. The smallest absolute Gasteiger partial charge is 0.341 e. The monoisotopic (exact) mass is 369 g/mol. The number of aliphatic imine (C=N–C) groups is 1. The molecule has 134 valence electrons. The molecule has 0 aliphatic carbocycles. The molecule has 0 radical (unpaired) electrons. The van der Waals surface area contributed by atoms with Crippen molar-refractivity contribution in [3.63, 3.8) is 0 Å². The number of methoxy groups -OCH3 is 2. The zero-order valence-electron chi connectivity index (χ0n) is 14.8. The largest absolute Gasteiger partial charge is 0.493 e. The fraction of sp³-hybridized carbons (Fsp3) is 0.200. The highest BCUT2D eigenvalue weighted by Gasteiger charge is 2.19. The summed E-state index contributed by atoms with van der Waals surface area (Å²) >= 11 is 1.45. The predicted molar refractivity (Wildman–Crippen MR) is 105 cm³/mol. The van der Waals surface area contributed by atoms with E-state index in [0.29, 0.717) is 28.7 Å². The second-order valence-electron chi connectivity index (χ2n) is 5.34. The number of ether oxygens (including phenoxy) is 3. The summed E-state index contributed by atoms with van der Waals surface area (Å²) < 4.78 is 16.9. The topological polar surface area (TPSA) is 57.1 Å². The number of hydrogen-bond acceptors (Lipinski definition) is 6. The van der Waals surface area contributed by atoms with E-state index >= 15 is 0 Å². The summed E-state index contributed by atoms with van der Waals surface area (Å²) in [6.45, 7) is 2.10. The fourth-order valence-electron chi connectivity index (χ4n) is 2.67. The quantitative estimate of drug-likeness (QED) is 0.460. The van der Waals surface area contributed by atoms with Gasteiger partial charge in [0, 0.05) is 21.9 Å². The van der Waals surface area contributed by atoms with E-state index in [1.54, 1.807) is 27.4 Å². The third-order valence-corrected chi connectivity index (χ3v) is 4.89. The van der Waals surface area contributed by atoms with Gasteiger partial charge in [-0.1, -0.05) is 24.3 Å². The van der Waals surface area contributed by atoms with Crippen LogP contribution in [0, 0.1) is 0 Å². The lowest BCUT2D eigenvalue weighted by Crippen LogP contribution is -2.04. The molecule has 0 unspecified atom stereocenters. The van der Waals surface area contributed by atoms with E-state index in [-0.39, 0.29) is 5.97 Å². The maximum Gasteiger partial charge on any atom is 0.341 e. The number of para-hydroxylation sites is 1. The first kappa shape index (κ1) is 17.9. The summed E-state index contributed by atoms with van der Waals surface area (Å²) in [6.07, 6.45) is 1.68. The number of hydrogen-bond donors (Lipinski definition) is 0. The summed E-state index contributed by atoms with van der Waals surface area (Å²) in [5.41, 5.74) is 1.25. The maximum absolute atomic E-state index is 12.4. The number of rotatable bonds is 6. The Morgan fingerprint density at radius 3 is 2.65 bits per heavy atom. The van der Waals surface area contributed by atoms with Gasteiger partial charge in [-0.2, -0.15) is 0 Å². The van der Waals surface area contributed by atoms with Crippen molar-refractivity contribution in [2.75, 3.05) is 20.8 Å². The molecular weight excluding hydrogens is 350 g/mol. The average Bonchev–Trinajstić information content (AvgIpc) is 3.04. The van der Waals surface area contributed by atoms with Gasteiger partial charge >= 0.3 is 5.97 Å². The Labute approximate surface area is 155 Å². The third-order valence-electron chi connectivity index (χ3n) is 3.81. The van der Waals surface area contributed by atoms with E-state index in [1.165, 1.54) is 11.3 Å². The van der Waals surface area contributed by atoms with Gasteiger partial charge in [-0.15, -0.1) is 11.3 Å². The van der Waals surface area contributed by atoms with Gasteiger partial charge in [0.2, 0.25) is 0 Å². The Kier molecular flexibility index (Phi) is 5.53.